The van der Waals surface area contributed by atoms with Gasteiger partial charge < -0.3 is 24.3 Å². The van der Waals surface area contributed by atoms with Crippen LogP contribution >= 0.6 is 0 Å². The molecule has 1 spiro atoms. The van der Waals surface area contributed by atoms with Crippen molar-refractivity contribution >= 4 is 11.9 Å². The van der Waals surface area contributed by atoms with Gasteiger partial charge in [0.25, 0.3) is 5.91 Å². The summed E-state index contributed by atoms with van der Waals surface area (Å²) < 4.78 is 16.4. The van der Waals surface area contributed by atoms with Crippen LogP contribution < -0.4 is 5.32 Å². The first-order valence-corrected chi connectivity index (χ1v) is 8.32. The number of carbonyl (C=O) groups is 2. The van der Waals surface area contributed by atoms with E-state index in [0.29, 0.717) is 25.6 Å². The smallest absolute Gasteiger partial charge is 0.371 e. The minimum absolute atomic E-state index is 0.00743. The summed E-state index contributed by atoms with van der Waals surface area (Å²) in [5.41, 5.74) is 0.187. The van der Waals surface area contributed by atoms with Crippen LogP contribution in [-0.2, 0) is 9.47 Å². The second kappa shape index (κ2) is 6.57. The molecule has 0 radical (unpaired) electrons. The SMILES string of the molecule is CCO[C@@H]1C[C@@H](NC(=O)c2cc(C(=O)O)oc2C)C12CCOCC2. The van der Waals surface area contributed by atoms with Gasteiger partial charge >= 0.3 is 5.97 Å². The van der Waals surface area contributed by atoms with Crippen LogP contribution in [0.5, 0.6) is 0 Å². The molecule has 2 aliphatic rings. The molecule has 1 aliphatic carbocycles. The van der Waals surface area contributed by atoms with Gasteiger partial charge in [0, 0.05) is 37.3 Å². The first kappa shape index (κ1) is 17.0. The molecule has 2 heterocycles. The Morgan fingerprint density at radius 2 is 2.12 bits per heavy atom. The first-order valence-electron chi connectivity index (χ1n) is 8.32. The van der Waals surface area contributed by atoms with Crippen LogP contribution in [0.25, 0.3) is 0 Å². The maximum Gasteiger partial charge on any atom is 0.371 e. The van der Waals surface area contributed by atoms with Crippen molar-refractivity contribution in [2.75, 3.05) is 19.8 Å². The predicted octanol–water partition coefficient (Wildman–Crippen LogP) is 1.99. The van der Waals surface area contributed by atoms with Crippen LogP contribution in [0.1, 0.15) is 52.9 Å². The van der Waals surface area contributed by atoms with Crippen molar-refractivity contribution in [3.8, 4) is 0 Å². The summed E-state index contributed by atoms with van der Waals surface area (Å²) in [4.78, 5) is 23.5. The summed E-state index contributed by atoms with van der Waals surface area (Å²) in [7, 11) is 0. The van der Waals surface area contributed by atoms with E-state index >= 15 is 0 Å². The van der Waals surface area contributed by atoms with Crippen molar-refractivity contribution in [3.63, 3.8) is 0 Å². The molecule has 2 N–H and O–H groups in total. The summed E-state index contributed by atoms with van der Waals surface area (Å²) in [6.07, 6.45) is 2.61. The molecular weight excluding hydrogens is 314 g/mol. The highest BCUT2D eigenvalue weighted by molar-refractivity contribution is 5.98. The zero-order valence-corrected chi connectivity index (χ0v) is 14.0. The number of hydrogen-bond acceptors (Lipinski definition) is 5. The molecule has 1 saturated heterocycles. The number of aryl methyl sites for hydroxylation is 1. The van der Waals surface area contributed by atoms with Crippen molar-refractivity contribution in [2.45, 2.75) is 45.3 Å². The third-order valence-electron chi connectivity index (χ3n) is 5.26. The van der Waals surface area contributed by atoms with Gasteiger partial charge in [0.2, 0.25) is 5.76 Å². The molecule has 24 heavy (non-hydrogen) atoms. The van der Waals surface area contributed by atoms with Crippen LogP contribution in [0.4, 0.5) is 0 Å². The van der Waals surface area contributed by atoms with E-state index in [-0.39, 0.29) is 34.8 Å². The standard InChI is InChI=1S/C17H23NO6/c1-3-23-14-9-13(17(14)4-6-22-7-5-17)18-15(19)11-8-12(16(20)21)24-10(11)2/h8,13-14H,3-7,9H2,1-2H3,(H,18,19)(H,20,21)/t13-,14-/m1/s1. The van der Waals surface area contributed by atoms with E-state index in [1.54, 1.807) is 6.92 Å². The van der Waals surface area contributed by atoms with Gasteiger partial charge in [0.1, 0.15) is 5.76 Å². The van der Waals surface area contributed by atoms with Gasteiger partial charge in [-0.15, -0.1) is 0 Å². The van der Waals surface area contributed by atoms with Crippen molar-refractivity contribution in [2.24, 2.45) is 5.41 Å². The molecule has 7 nitrogen and oxygen atoms in total. The second-order valence-corrected chi connectivity index (χ2v) is 6.44. The lowest BCUT2D eigenvalue weighted by Gasteiger charge is -2.57. The fourth-order valence-corrected chi connectivity index (χ4v) is 3.86. The fourth-order valence-electron chi connectivity index (χ4n) is 3.86. The Morgan fingerprint density at radius 1 is 1.42 bits per heavy atom. The predicted molar refractivity (Wildman–Crippen MR) is 84.2 cm³/mol. The van der Waals surface area contributed by atoms with Gasteiger partial charge in [-0.2, -0.15) is 0 Å². The summed E-state index contributed by atoms with van der Waals surface area (Å²) >= 11 is 0. The number of nitrogens with one attached hydrogen (secondary N) is 1. The van der Waals surface area contributed by atoms with Crippen molar-refractivity contribution in [1.29, 1.82) is 0 Å². The van der Waals surface area contributed by atoms with E-state index in [1.165, 1.54) is 6.07 Å². The number of carbonyl (C=O) groups excluding carboxylic acids is 1. The fraction of sp³-hybridized carbons (Fsp3) is 0.647. The van der Waals surface area contributed by atoms with Gasteiger partial charge in [0.15, 0.2) is 0 Å². The van der Waals surface area contributed by atoms with E-state index < -0.39 is 5.97 Å². The number of furan rings is 1. The average molecular weight is 337 g/mol. The third-order valence-corrected chi connectivity index (χ3v) is 5.26. The molecule has 3 rings (SSSR count). The van der Waals surface area contributed by atoms with Gasteiger partial charge in [-0.25, -0.2) is 4.79 Å². The summed E-state index contributed by atoms with van der Waals surface area (Å²) in [6, 6.07) is 1.29. The number of aromatic carboxylic acids is 1. The van der Waals surface area contributed by atoms with E-state index in [9.17, 15) is 9.59 Å². The number of carboxylic acid groups (broad SMARTS) is 1. The molecule has 1 saturated carbocycles. The van der Waals surface area contributed by atoms with Gasteiger partial charge in [0.05, 0.1) is 11.7 Å². The Labute approximate surface area is 140 Å². The zero-order valence-electron chi connectivity index (χ0n) is 14.0. The highest BCUT2D eigenvalue weighted by Crippen LogP contribution is 2.50. The minimum Gasteiger partial charge on any atom is -0.475 e. The highest BCUT2D eigenvalue weighted by Gasteiger charge is 2.56. The first-order chi connectivity index (χ1) is 11.5. The van der Waals surface area contributed by atoms with Gasteiger partial charge in [-0.05, 0) is 33.1 Å². The molecule has 0 unspecified atom stereocenters. The van der Waals surface area contributed by atoms with Crippen LogP contribution in [-0.4, -0.2) is 48.9 Å². The second-order valence-electron chi connectivity index (χ2n) is 6.44. The van der Waals surface area contributed by atoms with Crippen molar-refractivity contribution < 1.29 is 28.6 Å². The molecule has 1 aromatic heterocycles. The normalized spacial score (nSPS) is 25.2. The molecule has 1 amide bonds. The molecule has 0 bridgehead atoms. The lowest BCUT2D eigenvalue weighted by molar-refractivity contribution is -0.170. The van der Waals surface area contributed by atoms with Gasteiger partial charge in [-0.1, -0.05) is 0 Å². The Hall–Kier alpha value is -1.86. The third kappa shape index (κ3) is 2.82. The van der Waals surface area contributed by atoms with Crippen molar-refractivity contribution in [3.05, 3.63) is 23.2 Å². The number of carboxylic acids is 1. The van der Waals surface area contributed by atoms with Crippen LogP contribution in [0.15, 0.2) is 10.5 Å². The van der Waals surface area contributed by atoms with Crippen LogP contribution in [0.3, 0.4) is 0 Å². The molecule has 2 atom stereocenters. The Balaban J connectivity index is 1.73. The topological polar surface area (TPSA) is 98.0 Å². The lowest BCUT2D eigenvalue weighted by atomic mass is 9.57. The van der Waals surface area contributed by atoms with Crippen LogP contribution in [0, 0.1) is 12.3 Å². The molecule has 1 aromatic rings. The minimum atomic E-state index is -1.18. The van der Waals surface area contributed by atoms with Crippen LogP contribution in [0.2, 0.25) is 0 Å². The van der Waals surface area contributed by atoms with E-state index in [0.717, 1.165) is 19.3 Å². The Morgan fingerprint density at radius 3 is 2.71 bits per heavy atom. The monoisotopic (exact) mass is 337 g/mol. The highest BCUT2D eigenvalue weighted by atomic mass is 16.5. The molecular formula is C17H23NO6. The molecule has 0 aromatic carbocycles. The molecule has 7 heteroatoms. The Kier molecular flexibility index (Phi) is 4.64. The van der Waals surface area contributed by atoms with E-state index in [4.69, 9.17) is 19.0 Å². The number of rotatable bonds is 5. The molecule has 2 fully saturated rings. The number of amides is 1. The molecule has 1 aliphatic heterocycles. The quantitative estimate of drug-likeness (QED) is 0.853. The zero-order chi connectivity index (χ0) is 17.3. The number of ether oxygens (including phenoxy) is 2. The Bertz CT molecular complexity index is 631. The summed E-state index contributed by atoms with van der Waals surface area (Å²) in [5, 5.41) is 12.0. The largest absolute Gasteiger partial charge is 0.475 e. The van der Waals surface area contributed by atoms with Crippen molar-refractivity contribution in [1.82, 2.24) is 5.32 Å². The molecule has 132 valence electrons. The van der Waals surface area contributed by atoms with E-state index in [1.807, 2.05) is 6.92 Å². The summed E-state index contributed by atoms with van der Waals surface area (Å²) in [6.45, 7) is 5.56. The lowest BCUT2D eigenvalue weighted by Crippen LogP contribution is -2.66. The average Bonchev–Trinajstić information content (AvgIpc) is 2.97. The van der Waals surface area contributed by atoms with E-state index in [2.05, 4.69) is 5.32 Å². The summed E-state index contributed by atoms with van der Waals surface area (Å²) in [5.74, 6) is -1.39. The van der Waals surface area contributed by atoms with Gasteiger partial charge in [-0.3, -0.25) is 4.79 Å². The maximum atomic E-state index is 12.6. The number of hydrogen-bond donors (Lipinski definition) is 2. The maximum absolute atomic E-state index is 12.6.